The third kappa shape index (κ3) is 5.75. The van der Waals surface area contributed by atoms with Crippen LogP contribution in [0.2, 0.25) is 5.02 Å². The van der Waals surface area contributed by atoms with E-state index in [1.165, 1.54) is 16.4 Å². The van der Waals surface area contributed by atoms with Gasteiger partial charge in [0.05, 0.1) is 4.90 Å². The molecule has 0 saturated carbocycles. The van der Waals surface area contributed by atoms with Gasteiger partial charge >= 0.3 is 0 Å². The number of halogens is 1. The first-order valence-electron chi connectivity index (χ1n) is 11.3. The molecule has 0 atom stereocenters. The number of carbonyl (C=O) groups excluding carboxylic acids is 2. The van der Waals surface area contributed by atoms with E-state index in [4.69, 9.17) is 11.6 Å². The third-order valence-corrected chi connectivity index (χ3v) is 8.43. The van der Waals surface area contributed by atoms with E-state index in [-0.39, 0.29) is 22.6 Å². The maximum Gasteiger partial charge on any atom is 0.243 e. The van der Waals surface area contributed by atoms with Gasteiger partial charge in [-0.25, -0.2) is 8.42 Å². The second-order valence-corrected chi connectivity index (χ2v) is 11.0. The zero-order chi connectivity index (χ0) is 23.4. The number of anilines is 1. The average Bonchev–Trinajstić information content (AvgIpc) is 2.81. The Balaban J connectivity index is 1.33. The first kappa shape index (κ1) is 23.7. The molecule has 4 rings (SSSR count). The summed E-state index contributed by atoms with van der Waals surface area (Å²) in [5.41, 5.74) is 1.67. The van der Waals surface area contributed by atoms with Crippen LogP contribution in [-0.4, -0.2) is 49.1 Å². The number of carbonyl (C=O) groups is 2. The van der Waals surface area contributed by atoms with Crippen LogP contribution in [0.1, 0.15) is 37.7 Å². The van der Waals surface area contributed by atoms with Crippen molar-refractivity contribution < 1.29 is 18.0 Å². The van der Waals surface area contributed by atoms with Crippen LogP contribution >= 0.6 is 11.6 Å². The number of benzene rings is 2. The van der Waals surface area contributed by atoms with E-state index >= 15 is 0 Å². The monoisotopic (exact) mass is 489 g/mol. The molecule has 7 nitrogen and oxygen atoms in total. The van der Waals surface area contributed by atoms with E-state index in [1.807, 2.05) is 29.2 Å². The third-order valence-electron chi connectivity index (χ3n) is 6.27. The quantitative estimate of drug-likeness (QED) is 0.666. The predicted molar refractivity (Wildman–Crippen MR) is 127 cm³/mol. The van der Waals surface area contributed by atoms with Gasteiger partial charge in [0.15, 0.2) is 0 Å². The SMILES string of the molecule is O=C(Nc1cccc(CN2CCCCC2=O)c1)C1CCN(S(=O)(=O)c2ccc(Cl)cc2)CC1. The van der Waals surface area contributed by atoms with Crippen LogP contribution in [0.3, 0.4) is 0 Å². The van der Waals surface area contributed by atoms with E-state index in [2.05, 4.69) is 5.32 Å². The molecule has 2 fully saturated rings. The van der Waals surface area contributed by atoms with Crippen molar-refractivity contribution in [2.75, 3.05) is 25.0 Å². The lowest BCUT2D eigenvalue weighted by molar-refractivity contribution is -0.133. The zero-order valence-electron chi connectivity index (χ0n) is 18.4. The van der Waals surface area contributed by atoms with Crippen molar-refractivity contribution in [3.8, 4) is 0 Å². The normalized spacial score (nSPS) is 18.3. The van der Waals surface area contributed by atoms with E-state index in [0.717, 1.165) is 24.9 Å². The minimum Gasteiger partial charge on any atom is -0.338 e. The fourth-order valence-electron chi connectivity index (χ4n) is 4.36. The molecule has 2 aromatic carbocycles. The lowest BCUT2D eigenvalue weighted by atomic mass is 9.97. The largest absolute Gasteiger partial charge is 0.338 e. The van der Waals surface area contributed by atoms with Crippen molar-refractivity contribution in [3.63, 3.8) is 0 Å². The van der Waals surface area contributed by atoms with Crippen molar-refractivity contribution >= 4 is 39.1 Å². The summed E-state index contributed by atoms with van der Waals surface area (Å²) in [7, 11) is -3.60. The molecule has 0 radical (unpaired) electrons. The van der Waals surface area contributed by atoms with Gasteiger partial charge in [-0.1, -0.05) is 23.7 Å². The summed E-state index contributed by atoms with van der Waals surface area (Å²) in [5, 5.41) is 3.45. The van der Waals surface area contributed by atoms with Gasteiger partial charge in [0.25, 0.3) is 0 Å². The fraction of sp³-hybridized carbons (Fsp3) is 0.417. The Morgan fingerprint density at radius 2 is 1.76 bits per heavy atom. The second kappa shape index (κ2) is 10.2. The summed E-state index contributed by atoms with van der Waals surface area (Å²) in [4.78, 5) is 27.0. The number of hydrogen-bond acceptors (Lipinski definition) is 4. The molecule has 33 heavy (non-hydrogen) atoms. The first-order valence-corrected chi connectivity index (χ1v) is 13.1. The molecular weight excluding hydrogens is 462 g/mol. The number of rotatable bonds is 6. The summed E-state index contributed by atoms with van der Waals surface area (Å²) < 4.78 is 27.1. The lowest BCUT2D eigenvalue weighted by Crippen LogP contribution is -2.41. The topological polar surface area (TPSA) is 86.8 Å². The van der Waals surface area contributed by atoms with Crippen LogP contribution in [0.25, 0.3) is 0 Å². The minimum absolute atomic E-state index is 0.107. The van der Waals surface area contributed by atoms with Gasteiger partial charge in [0.2, 0.25) is 21.8 Å². The predicted octanol–water partition coefficient (Wildman–Crippen LogP) is 3.89. The van der Waals surface area contributed by atoms with Gasteiger partial charge in [0, 0.05) is 49.2 Å². The molecule has 2 aromatic rings. The maximum atomic E-state index is 12.8. The molecule has 2 saturated heterocycles. The smallest absolute Gasteiger partial charge is 0.243 e. The number of piperidine rings is 2. The number of hydrogen-bond donors (Lipinski definition) is 1. The van der Waals surface area contributed by atoms with Crippen LogP contribution < -0.4 is 5.32 Å². The molecule has 0 aromatic heterocycles. The lowest BCUT2D eigenvalue weighted by Gasteiger charge is -2.30. The van der Waals surface area contributed by atoms with E-state index < -0.39 is 10.0 Å². The van der Waals surface area contributed by atoms with Gasteiger partial charge < -0.3 is 10.2 Å². The van der Waals surface area contributed by atoms with Gasteiger partial charge in [-0.2, -0.15) is 4.31 Å². The van der Waals surface area contributed by atoms with Gasteiger partial charge in [-0.15, -0.1) is 0 Å². The number of nitrogens with one attached hydrogen (secondary N) is 1. The summed E-state index contributed by atoms with van der Waals surface area (Å²) in [5.74, 6) is -0.185. The van der Waals surface area contributed by atoms with Crippen molar-refractivity contribution in [2.45, 2.75) is 43.5 Å². The van der Waals surface area contributed by atoms with Crippen molar-refractivity contribution in [1.82, 2.24) is 9.21 Å². The highest BCUT2D eigenvalue weighted by molar-refractivity contribution is 7.89. The molecule has 0 aliphatic carbocycles. The van der Waals surface area contributed by atoms with E-state index in [0.29, 0.717) is 49.6 Å². The summed E-state index contributed by atoms with van der Waals surface area (Å²) in [6.45, 7) is 1.90. The Morgan fingerprint density at radius 1 is 1.03 bits per heavy atom. The summed E-state index contributed by atoms with van der Waals surface area (Å²) in [6.07, 6.45) is 3.49. The highest BCUT2D eigenvalue weighted by Gasteiger charge is 2.32. The second-order valence-electron chi connectivity index (χ2n) is 8.59. The highest BCUT2D eigenvalue weighted by Crippen LogP contribution is 2.26. The van der Waals surface area contributed by atoms with E-state index in [9.17, 15) is 18.0 Å². The highest BCUT2D eigenvalue weighted by atomic mass is 35.5. The van der Waals surface area contributed by atoms with Crippen LogP contribution in [0.4, 0.5) is 5.69 Å². The molecule has 0 bridgehead atoms. The zero-order valence-corrected chi connectivity index (χ0v) is 19.9. The van der Waals surface area contributed by atoms with Crippen LogP contribution in [-0.2, 0) is 26.2 Å². The minimum atomic E-state index is -3.60. The molecule has 2 amide bonds. The number of likely N-dealkylation sites (tertiary alicyclic amines) is 1. The number of sulfonamides is 1. The van der Waals surface area contributed by atoms with Gasteiger partial charge in [-0.3, -0.25) is 9.59 Å². The Kier molecular flexibility index (Phi) is 7.36. The summed E-state index contributed by atoms with van der Waals surface area (Å²) in [6, 6.07) is 13.7. The average molecular weight is 490 g/mol. The summed E-state index contributed by atoms with van der Waals surface area (Å²) >= 11 is 5.86. The van der Waals surface area contributed by atoms with Crippen LogP contribution in [0.5, 0.6) is 0 Å². The molecule has 9 heteroatoms. The molecular formula is C24H28ClN3O4S. The Labute approximate surface area is 199 Å². The standard InChI is InChI=1S/C24H28ClN3O4S/c25-20-7-9-22(10-8-20)33(31,32)28-14-11-19(12-15-28)24(30)26-21-5-3-4-18(16-21)17-27-13-2-1-6-23(27)29/h3-5,7-10,16,19H,1-2,6,11-15,17H2,(H,26,30). The van der Waals surface area contributed by atoms with Crippen LogP contribution in [0.15, 0.2) is 53.4 Å². The maximum absolute atomic E-state index is 12.8. The van der Waals surface area contributed by atoms with Crippen molar-refractivity contribution in [3.05, 3.63) is 59.1 Å². The molecule has 176 valence electrons. The van der Waals surface area contributed by atoms with Gasteiger partial charge in [0.1, 0.15) is 0 Å². The fourth-order valence-corrected chi connectivity index (χ4v) is 5.95. The van der Waals surface area contributed by atoms with Gasteiger partial charge in [-0.05, 0) is 67.6 Å². The Morgan fingerprint density at radius 3 is 2.45 bits per heavy atom. The number of nitrogens with zero attached hydrogens (tertiary/aromatic N) is 2. The van der Waals surface area contributed by atoms with Crippen LogP contribution in [0, 0.1) is 5.92 Å². The van der Waals surface area contributed by atoms with E-state index in [1.54, 1.807) is 12.1 Å². The molecule has 2 aliphatic heterocycles. The molecule has 0 unspecified atom stereocenters. The van der Waals surface area contributed by atoms with Crippen molar-refractivity contribution in [1.29, 1.82) is 0 Å². The molecule has 1 N–H and O–H groups in total. The first-order chi connectivity index (χ1) is 15.8. The Hall–Kier alpha value is -2.42. The number of amides is 2. The molecule has 0 spiro atoms. The molecule has 2 heterocycles. The van der Waals surface area contributed by atoms with Crippen molar-refractivity contribution in [2.24, 2.45) is 5.92 Å². The Bertz CT molecular complexity index is 1110. The molecule has 2 aliphatic rings.